The predicted octanol–water partition coefficient (Wildman–Crippen LogP) is 5.62. The predicted molar refractivity (Wildman–Crippen MR) is 125 cm³/mol. The zero-order chi connectivity index (χ0) is 23.4. The summed E-state index contributed by atoms with van der Waals surface area (Å²) in [7, 11) is 0. The average Bonchev–Trinajstić information content (AvgIpc) is 3.08. The minimum atomic E-state index is -0.770. The van der Waals surface area contributed by atoms with Crippen molar-refractivity contribution in [2.75, 3.05) is 6.54 Å². The van der Waals surface area contributed by atoms with Crippen molar-refractivity contribution in [3.05, 3.63) is 118 Å². The maximum Gasteiger partial charge on any atom is 0.290 e. The van der Waals surface area contributed by atoms with Crippen LogP contribution in [0.2, 0.25) is 5.02 Å². The van der Waals surface area contributed by atoms with Crippen LogP contribution in [0, 0.1) is 5.82 Å². The van der Waals surface area contributed by atoms with E-state index in [0.29, 0.717) is 23.4 Å². The number of hydrogen-bond acceptors (Lipinski definition) is 3. The van der Waals surface area contributed by atoms with Crippen LogP contribution in [0.3, 0.4) is 0 Å². The van der Waals surface area contributed by atoms with Gasteiger partial charge in [-0.15, -0.1) is 0 Å². The number of rotatable bonds is 8. The SMILES string of the molecule is O=C(CCc1ccccc1)C1=C(O)C(=O)N(CCc2ccc(Cl)cc2)C1c1ccc(F)cc1. The van der Waals surface area contributed by atoms with Crippen LogP contribution in [0.5, 0.6) is 0 Å². The summed E-state index contributed by atoms with van der Waals surface area (Å²) in [6.45, 7) is 0.280. The fourth-order valence-corrected chi connectivity index (χ4v) is 4.22. The van der Waals surface area contributed by atoms with E-state index < -0.39 is 23.5 Å². The van der Waals surface area contributed by atoms with Crippen molar-refractivity contribution in [2.24, 2.45) is 0 Å². The number of Topliss-reactive ketones (excluding diaryl/α,β-unsaturated/α-hetero) is 1. The number of aliphatic hydroxyl groups excluding tert-OH is 1. The smallest absolute Gasteiger partial charge is 0.290 e. The maximum atomic E-state index is 13.6. The Morgan fingerprint density at radius 1 is 0.909 bits per heavy atom. The Balaban J connectivity index is 1.60. The molecule has 0 bridgehead atoms. The molecule has 1 aliphatic heterocycles. The maximum absolute atomic E-state index is 13.6. The first-order chi connectivity index (χ1) is 15.9. The second kappa shape index (κ2) is 10.0. The van der Waals surface area contributed by atoms with Crippen LogP contribution in [0.1, 0.15) is 29.2 Å². The molecule has 3 aromatic carbocycles. The van der Waals surface area contributed by atoms with Gasteiger partial charge in [-0.05, 0) is 53.8 Å². The molecule has 0 spiro atoms. The van der Waals surface area contributed by atoms with E-state index >= 15 is 0 Å². The normalized spacial score (nSPS) is 15.9. The molecule has 1 N–H and O–H groups in total. The molecule has 6 heteroatoms. The topological polar surface area (TPSA) is 57.6 Å². The van der Waals surface area contributed by atoms with E-state index in [0.717, 1.165) is 11.1 Å². The molecule has 4 rings (SSSR count). The highest BCUT2D eigenvalue weighted by atomic mass is 35.5. The highest BCUT2D eigenvalue weighted by Crippen LogP contribution is 2.38. The molecule has 4 nitrogen and oxygen atoms in total. The number of carbonyl (C=O) groups excluding carboxylic acids is 2. The van der Waals surface area contributed by atoms with E-state index in [-0.39, 0.29) is 24.3 Å². The van der Waals surface area contributed by atoms with Gasteiger partial charge in [-0.3, -0.25) is 9.59 Å². The summed E-state index contributed by atoms with van der Waals surface area (Å²) in [4.78, 5) is 27.7. The first kappa shape index (κ1) is 22.7. The Hall–Kier alpha value is -3.44. The standard InChI is InChI=1S/C27H23ClFNO3/c28-21-11-6-19(7-12-21)16-17-30-25(20-9-13-22(29)14-10-20)24(26(32)27(30)33)23(31)15-8-18-4-2-1-3-5-18/h1-7,9-14,25,32H,8,15-17H2. The zero-order valence-corrected chi connectivity index (χ0v) is 18.6. The lowest BCUT2D eigenvalue weighted by molar-refractivity contribution is -0.129. The summed E-state index contributed by atoms with van der Waals surface area (Å²) in [6, 6.07) is 21.7. The quantitative estimate of drug-likeness (QED) is 0.471. The third kappa shape index (κ3) is 5.15. The molecular formula is C27H23ClFNO3. The van der Waals surface area contributed by atoms with Gasteiger partial charge in [0.15, 0.2) is 11.5 Å². The molecule has 0 radical (unpaired) electrons. The number of amides is 1. The number of halogens is 2. The summed E-state index contributed by atoms with van der Waals surface area (Å²) in [5, 5.41) is 11.3. The number of nitrogens with zero attached hydrogens (tertiary/aromatic N) is 1. The summed E-state index contributed by atoms with van der Waals surface area (Å²) in [5.74, 6) is -1.84. The van der Waals surface area contributed by atoms with E-state index in [4.69, 9.17) is 11.6 Å². The van der Waals surface area contributed by atoms with Crippen LogP contribution in [-0.2, 0) is 22.4 Å². The van der Waals surface area contributed by atoms with Gasteiger partial charge >= 0.3 is 0 Å². The number of hydrogen-bond donors (Lipinski definition) is 1. The van der Waals surface area contributed by atoms with Gasteiger partial charge in [-0.25, -0.2) is 4.39 Å². The summed E-state index contributed by atoms with van der Waals surface area (Å²) >= 11 is 5.95. The van der Waals surface area contributed by atoms with Crippen LogP contribution >= 0.6 is 11.6 Å². The van der Waals surface area contributed by atoms with Gasteiger partial charge in [-0.1, -0.05) is 66.2 Å². The summed E-state index contributed by atoms with van der Waals surface area (Å²) in [5.41, 5.74) is 2.60. The molecule has 168 valence electrons. The second-order valence-corrected chi connectivity index (χ2v) is 8.44. The third-order valence-electron chi connectivity index (χ3n) is 5.83. The van der Waals surface area contributed by atoms with Crippen molar-refractivity contribution in [3.8, 4) is 0 Å². The molecule has 1 atom stereocenters. The van der Waals surface area contributed by atoms with E-state index in [9.17, 15) is 19.1 Å². The Bertz CT molecular complexity index is 1170. The van der Waals surface area contributed by atoms with Crippen molar-refractivity contribution in [3.63, 3.8) is 0 Å². The molecule has 1 unspecified atom stereocenters. The molecule has 1 amide bonds. The van der Waals surface area contributed by atoms with Gasteiger partial charge in [0.1, 0.15) is 5.82 Å². The van der Waals surface area contributed by atoms with Crippen LogP contribution in [0.4, 0.5) is 4.39 Å². The van der Waals surface area contributed by atoms with Gasteiger partial charge < -0.3 is 10.0 Å². The van der Waals surface area contributed by atoms with Crippen LogP contribution in [0.25, 0.3) is 0 Å². The molecule has 1 aliphatic rings. The molecule has 1 heterocycles. The monoisotopic (exact) mass is 463 g/mol. The molecule has 0 fully saturated rings. The van der Waals surface area contributed by atoms with E-state index in [2.05, 4.69) is 0 Å². The van der Waals surface area contributed by atoms with E-state index in [1.165, 1.54) is 17.0 Å². The lowest BCUT2D eigenvalue weighted by Gasteiger charge is -2.27. The molecular weight excluding hydrogens is 441 g/mol. The highest BCUT2D eigenvalue weighted by molar-refractivity contribution is 6.30. The van der Waals surface area contributed by atoms with Crippen molar-refractivity contribution in [1.29, 1.82) is 0 Å². The first-order valence-corrected chi connectivity index (χ1v) is 11.1. The number of aliphatic hydroxyl groups is 1. The molecule has 33 heavy (non-hydrogen) atoms. The fourth-order valence-electron chi connectivity index (χ4n) is 4.10. The molecule has 0 saturated carbocycles. The first-order valence-electron chi connectivity index (χ1n) is 10.7. The van der Waals surface area contributed by atoms with Crippen LogP contribution in [0.15, 0.2) is 90.2 Å². The Labute approximate surface area is 196 Å². The zero-order valence-electron chi connectivity index (χ0n) is 17.9. The van der Waals surface area contributed by atoms with Crippen molar-refractivity contribution >= 4 is 23.3 Å². The van der Waals surface area contributed by atoms with Crippen LogP contribution < -0.4 is 0 Å². The van der Waals surface area contributed by atoms with E-state index in [1.807, 2.05) is 42.5 Å². The Morgan fingerprint density at radius 2 is 1.55 bits per heavy atom. The molecule has 0 aromatic heterocycles. The van der Waals surface area contributed by atoms with Gasteiger partial charge in [0.05, 0.1) is 11.6 Å². The minimum absolute atomic E-state index is 0.0682. The van der Waals surface area contributed by atoms with Gasteiger partial charge in [0, 0.05) is 18.0 Å². The third-order valence-corrected chi connectivity index (χ3v) is 6.08. The molecule has 3 aromatic rings. The number of aryl methyl sites for hydroxylation is 1. The second-order valence-electron chi connectivity index (χ2n) is 8.00. The van der Waals surface area contributed by atoms with E-state index in [1.54, 1.807) is 24.3 Å². The van der Waals surface area contributed by atoms with Crippen LogP contribution in [-0.4, -0.2) is 28.2 Å². The van der Waals surface area contributed by atoms with Gasteiger partial charge in [0.2, 0.25) is 0 Å². The summed E-state index contributed by atoms with van der Waals surface area (Å²) < 4.78 is 13.6. The van der Waals surface area contributed by atoms with Crippen molar-refractivity contribution in [2.45, 2.75) is 25.3 Å². The lowest BCUT2D eigenvalue weighted by Crippen LogP contribution is -2.33. The van der Waals surface area contributed by atoms with Gasteiger partial charge in [0.25, 0.3) is 5.91 Å². The largest absolute Gasteiger partial charge is 0.503 e. The highest BCUT2D eigenvalue weighted by Gasteiger charge is 2.42. The minimum Gasteiger partial charge on any atom is -0.503 e. The Kier molecular flexibility index (Phi) is 6.90. The lowest BCUT2D eigenvalue weighted by atomic mass is 9.93. The van der Waals surface area contributed by atoms with Crippen molar-refractivity contribution < 1.29 is 19.1 Å². The summed E-state index contributed by atoms with van der Waals surface area (Å²) in [6.07, 6.45) is 1.16. The molecule has 0 aliphatic carbocycles. The number of carbonyl (C=O) groups is 2. The molecule has 0 saturated heterocycles. The van der Waals surface area contributed by atoms with Crippen molar-refractivity contribution in [1.82, 2.24) is 4.90 Å². The number of ketones is 1. The average molecular weight is 464 g/mol. The Morgan fingerprint density at radius 3 is 2.21 bits per heavy atom. The fraction of sp³-hybridized carbons (Fsp3) is 0.185. The van der Waals surface area contributed by atoms with Gasteiger partial charge in [-0.2, -0.15) is 0 Å². The number of benzene rings is 3.